The molecule has 0 saturated heterocycles. The Hall–Kier alpha value is -2.02. The van der Waals surface area contributed by atoms with Crippen molar-refractivity contribution in [2.75, 3.05) is 5.73 Å². The lowest BCUT2D eigenvalue weighted by molar-refractivity contribution is 1.42. The van der Waals surface area contributed by atoms with E-state index >= 15 is 0 Å². The molecule has 92 valence electrons. The van der Waals surface area contributed by atoms with Crippen LogP contribution in [0.2, 0.25) is 0 Å². The fraction of sp³-hybridized carbons (Fsp3) is 0.176. The second-order valence-electron chi connectivity index (χ2n) is 4.92. The molecule has 0 spiro atoms. The first-order valence-electron chi connectivity index (χ1n) is 6.12. The second-order valence-corrected chi connectivity index (χ2v) is 4.92. The van der Waals surface area contributed by atoms with Crippen LogP contribution in [0, 0.1) is 13.8 Å². The van der Waals surface area contributed by atoms with Crippen LogP contribution in [0.1, 0.15) is 23.6 Å². The summed E-state index contributed by atoms with van der Waals surface area (Å²) < 4.78 is 0. The van der Waals surface area contributed by atoms with Crippen LogP contribution in [0.3, 0.4) is 0 Å². The lowest BCUT2D eigenvalue weighted by Gasteiger charge is -2.13. The number of nitrogen functional groups attached to an aromatic ring is 1. The molecule has 0 heterocycles. The Morgan fingerprint density at radius 2 is 1.56 bits per heavy atom. The average Bonchev–Trinajstić information content (AvgIpc) is 2.28. The lowest BCUT2D eigenvalue weighted by Crippen LogP contribution is -1.94. The minimum absolute atomic E-state index is 0.822. The number of rotatable bonds is 2. The summed E-state index contributed by atoms with van der Waals surface area (Å²) in [6, 6.07) is 12.6. The molecule has 1 nitrogen and oxygen atoms in total. The third kappa shape index (κ3) is 2.30. The molecule has 0 aliphatic carbocycles. The van der Waals surface area contributed by atoms with E-state index in [1.807, 2.05) is 13.0 Å². The molecular weight excluding hydrogens is 218 g/mol. The number of benzene rings is 2. The predicted molar refractivity (Wildman–Crippen MR) is 80.5 cm³/mol. The molecular formula is C17H19N. The van der Waals surface area contributed by atoms with Crippen molar-refractivity contribution in [2.24, 2.45) is 0 Å². The summed E-state index contributed by atoms with van der Waals surface area (Å²) in [6.07, 6.45) is 0. The zero-order valence-corrected chi connectivity index (χ0v) is 11.2. The number of aryl methyl sites for hydroxylation is 2. The Balaban J connectivity index is 2.69. The Kier molecular flexibility index (Phi) is 3.24. The van der Waals surface area contributed by atoms with Crippen LogP contribution in [-0.4, -0.2) is 0 Å². The summed E-state index contributed by atoms with van der Waals surface area (Å²) in [5.41, 5.74) is 13.9. The van der Waals surface area contributed by atoms with Crippen LogP contribution in [0.25, 0.3) is 16.7 Å². The van der Waals surface area contributed by atoms with Crippen molar-refractivity contribution < 1.29 is 0 Å². The first-order valence-corrected chi connectivity index (χ1v) is 6.12. The van der Waals surface area contributed by atoms with Gasteiger partial charge in [0, 0.05) is 11.3 Å². The Morgan fingerprint density at radius 1 is 0.944 bits per heavy atom. The zero-order valence-electron chi connectivity index (χ0n) is 11.2. The summed E-state index contributed by atoms with van der Waals surface area (Å²) in [7, 11) is 0. The molecule has 18 heavy (non-hydrogen) atoms. The van der Waals surface area contributed by atoms with Gasteiger partial charge in [-0.15, -0.1) is 0 Å². The van der Waals surface area contributed by atoms with Gasteiger partial charge >= 0.3 is 0 Å². The van der Waals surface area contributed by atoms with E-state index in [1.165, 1.54) is 16.7 Å². The molecule has 0 amide bonds. The summed E-state index contributed by atoms with van der Waals surface area (Å²) in [5.74, 6) is 0. The molecule has 0 bridgehead atoms. The minimum atomic E-state index is 0.822. The first kappa shape index (κ1) is 12.4. The molecule has 2 N–H and O–H groups in total. The number of hydrogen-bond acceptors (Lipinski definition) is 1. The van der Waals surface area contributed by atoms with E-state index in [2.05, 4.69) is 50.8 Å². The standard InChI is InChI=1S/C17H19N/c1-11(2)14-7-5-12(3)9-16(14)15-8-6-13(4)10-17(15)18/h5-10H,1,18H2,2-4H3. The van der Waals surface area contributed by atoms with Crippen LogP contribution >= 0.6 is 0 Å². The third-order valence-corrected chi connectivity index (χ3v) is 3.13. The third-order valence-electron chi connectivity index (χ3n) is 3.13. The molecule has 0 aliphatic heterocycles. The summed E-state index contributed by atoms with van der Waals surface area (Å²) in [5, 5.41) is 0. The van der Waals surface area contributed by atoms with Gasteiger partial charge in [-0.1, -0.05) is 48.0 Å². The Bertz CT molecular complexity index is 609. The van der Waals surface area contributed by atoms with Crippen molar-refractivity contribution >= 4 is 11.3 Å². The molecule has 0 aromatic heterocycles. The van der Waals surface area contributed by atoms with Gasteiger partial charge in [-0.2, -0.15) is 0 Å². The van der Waals surface area contributed by atoms with Crippen molar-refractivity contribution in [3.8, 4) is 11.1 Å². The van der Waals surface area contributed by atoms with Crippen molar-refractivity contribution in [1.82, 2.24) is 0 Å². The predicted octanol–water partition coefficient (Wildman–Crippen LogP) is 4.59. The fourth-order valence-electron chi connectivity index (χ4n) is 2.18. The molecule has 2 aromatic rings. The van der Waals surface area contributed by atoms with Gasteiger partial charge in [-0.05, 0) is 43.5 Å². The van der Waals surface area contributed by atoms with Crippen molar-refractivity contribution in [3.63, 3.8) is 0 Å². The second kappa shape index (κ2) is 4.69. The van der Waals surface area contributed by atoms with E-state index in [0.717, 1.165) is 22.4 Å². The van der Waals surface area contributed by atoms with Gasteiger partial charge in [0.15, 0.2) is 0 Å². The molecule has 0 saturated carbocycles. The van der Waals surface area contributed by atoms with E-state index in [4.69, 9.17) is 5.73 Å². The maximum atomic E-state index is 6.14. The number of nitrogens with two attached hydrogens (primary N) is 1. The Morgan fingerprint density at radius 3 is 2.17 bits per heavy atom. The van der Waals surface area contributed by atoms with Crippen molar-refractivity contribution in [1.29, 1.82) is 0 Å². The van der Waals surface area contributed by atoms with Crippen LogP contribution in [0.15, 0.2) is 43.0 Å². The summed E-state index contributed by atoms with van der Waals surface area (Å²) >= 11 is 0. The summed E-state index contributed by atoms with van der Waals surface area (Å²) in [6.45, 7) is 10.2. The van der Waals surface area contributed by atoms with E-state index in [1.54, 1.807) is 0 Å². The van der Waals surface area contributed by atoms with E-state index in [-0.39, 0.29) is 0 Å². The molecule has 1 heteroatoms. The lowest BCUT2D eigenvalue weighted by atomic mass is 9.93. The quantitative estimate of drug-likeness (QED) is 0.760. The maximum Gasteiger partial charge on any atom is 0.0396 e. The van der Waals surface area contributed by atoms with Gasteiger partial charge < -0.3 is 5.73 Å². The Labute approximate surface area is 109 Å². The summed E-state index contributed by atoms with van der Waals surface area (Å²) in [4.78, 5) is 0. The molecule has 0 aliphatic rings. The SMILES string of the molecule is C=C(C)c1ccc(C)cc1-c1ccc(C)cc1N. The smallest absolute Gasteiger partial charge is 0.0396 e. The highest BCUT2D eigenvalue weighted by Gasteiger charge is 2.09. The normalized spacial score (nSPS) is 10.4. The van der Waals surface area contributed by atoms with Gasteiger partial charge in [0.25, 0.3) is 0 Å². The highest BCUT2D eigenvalue weighted by atomic mass is 14.6. The molecule has 0 radical (unpaired) electrons. The largest absolute Gasteiger partial charge is 0.398 e. The number of anilines is 1. The van der Waals surface area contributed by atoms with Gasteiger partial charge in [0.1, 0.15) is 0 Å². The molecule has 0 atom stereocenters. The minimum Gasteiger partial charge on any atom is -0.398 e. The van der Waals surface area contributed by atoms with Crippen LogP contribution in [0.5, 0.6) is 0 Å². The van der Waals surface area contributed by atoms with E-state index < -0.39 is 0 Å². The van der Waals surface area contributed by atoms with Crippen LogP contribution in [0.4, 0.5) is 5.69 Å². The topological polar surface area (TPSA) is 26.0 Å². The highest BCUT2D eigenvalue weighted by Crippen LogP contribution is 2.33. The van der Waals surface area contributed by atoms with Crippen LogP contribution < -0.4 is 5.73 Å². The van der Waals surface area contributed by atoms with E-state index in [9.17, 15) is 0 Å². The van der Waals surface area contributed by atoms with Gasteiger partial charge in [-0.25, -0.2) is 0 Å². The maximum absolute atomic E-state index is 6.14. The average molecular weight is 237 g/mol. The van der Waals surface area contributed by atoms with Crippen molar-refractivity contribution in [3.05, 3.63) is 59.7 Å². The monoisotopic (exact) mass is 237 g/mol. The molecule has 0 fully saturated rings. The number of allylic oxidation sites excluding steroid dienone is 1. The first-order chi connectivity index (χ1) is 8.49. The van der Waals surface area contributed by atoms with Crippen molar-refractivity contribution in [2.45, 2.75) is 20.8 Å². The van der Waals surface area contributed by atoms with E-state index in [0.29, 0.717) is 0 Å². The van der Waals surface area contributed by atoms with Gasteiger partial charge in [-0.3, -0.25) is 0 Å². The van der Waals surface area contributed by atoms with Crippen LogP contribution in [-0.2, 0) is 0 Å². The van der Waals surface area contributed by atoms with Gasteiger partial charge in [0.2, 0.25) is 0 Å². The van der Waals surface area contributed by atoms with Gasteiger partial charge in [0.05, 0.1) is 0 Å². The highest BCUT2D eigenvalue weighted by molar-refractivity contribution is 5.86. The fourth-order valence-corrected chi connectivity index (χ4v) is 2.18. The molecule has 0 unspecified atom stereocenters. The molecule has 2 rings (SSSR count). The molecule has 2 aromatic carbocycles. The zero-order chi connectivity index (χ0) is 13.3. The number of hydrogen-bond donors (Lipinski definition) is 1.